The van der Waals surface area contributed by atoms with Crippen molar-refractivity contribution in [1.82, 2.24) is 0 Å². The summed E-state index contributed by atoms with van der Waals surface area (Å²) in [6.45, 7) is 1.93. The second kappa shape index (κ2) is 7.63. The molecule has 1 aromatic carbocycles. The van der Waals surface area contributed by atoms with E-state index in [9.17, 15) is 0 Å². The molecule has 0 fully saturated rings. The zero-order valence-electron chi connectivity index (χ0n) is 7.23. The SMILES string of the molecule is CCO.Clc1ccc(Cl)c(CBr)c1. The average Bonchev–Trinajstić information content (AvgIpc) is 2.10. The Morgan fingerprint density at radius 3 is 2.31 bits per heavy atom. The zero-order chi connectivity index (χ0) is 10.3. The van der Waals surface area contributed by atoms with E-state index in [-0.39, 0.29) is 6.61 Å². The normalized spacial score (nSPS) is 9.00. The predicted octanol–water partition coefficient (Wildman–Crippen LogP) is 3.89. The number of benzene rings is 1. The van der Waals surface area contributed by atoms with E-state index < -0.39 is 0 Å². The summed E-state index contributed by atoms with van der Waals surface area (Å²) in [5.74, 6) is 0. The summed E-state index contributed by atoms with van der Waals surface area (Å²) in [6, 6.07) is 5.41. The number of hydrogen-bond donors (Lipinski definition) is 1. The van der Waals surface area contributed by atoms with Gasteiger partial charge in [-0.2, -0.15) is 0 Å². The first-order valence-electron chi connectivity index (χ1n) is 3.76. The molecule has 0 unspecified atom stereocenters. The molecule has 0 bridgehead atoms. The smallest absolute Gasteiger partial charge is 0.0447 e. The average molecular weight is 286 g/mol. The molecule has 0 saturated carbocycles. The molecule has 0 aromatic heterocycles. The van der Waals surface area contributed by atoms with Gasteiger partial charge in [-0.05, 0) is 30.7 Å². The lowest BCUT2D eigenvalue weighted by molar-refractivity contribution is 0.318. The van der Waals surface area contributed by atoms with Gasteiger partial charge in [0, 0.05) is 22.0 Å². The van der Waals surface area contributed by atoms with Crippen LogP contribution in [0.15, 0.2) is 18.2 Å². The van der Waals surface area contributed by atoms with Crippen LogP contribution in [0.5, 0.6) is 0 Å². The Morgan fingerprint density at radius 1 is 1.38 bits per heavy atom. The van der Waals surface area contributed by atoms with E-state index in [2.05, 4.69) is 15.9 Å². The number of rotatable bonds is 1. The van der Waals surface area contributed by atoms with Crippen LogP contribution < -0.4 is 0 Å². The summed E-state index contributed by atoms with van der Waals surface area (Å²) in [4.78, 5) is 0. The van der Waals surface area contributed by atoms with Crippen molar-refractivity contribution in [2.45, 2.75) is 12.3 Å². The van der Waals surface area contributed by atoms with Crippen LogP contribution in [0.3, 0.4) is 0 Å². The number of hydrogen-bond acceptors (Lipinski definition) is 1. The third-order valence-electron chi connectivity index (χ3n) is 1.15. The van der Waals surface area contributed by atoms with E-state index >= 15 is 0 Å². The Kier molecular flexibility index (Phi) is 7.77. The van der Waals surface area contributed by atoms with E-state index in [1.54, 1.807) is 19.1 Å². The van der Waals surface area contributed by atoms with Gasteiger partial charge in [0.15, 0.2) is 0 Å². The second-order valence-corrected chi connectivity index (χ2v) is 3.59. The number of aliphatic hydroxyl groups is 1. The van der Waals surface area contributed by atoms with Crippen LogP contribution in [-0.2, 0) is 5.33 Å². The van der Waals surface area contributed by atoms with Crippen LogP contribution in [0.2, 0.25) is 10.0 Å². The maximum absolute atomic E-state index is 7.57. The van der Waals surface area contributed by atoms with Crippen LogP contribution in [0.4, 0.5) is 0 Å². The summed E-state index contributed by atoms with van der Waals surface area (Å²) in [6.07, 6.45) is 0. The molecule has 0 radical (unpaired) electrons. The molecule has 0 atom stereocenters. The number of aliphatic hydroxyl groups excluding tert-OH is 1. The van der Waals surface area contributed by atoms with Crippen LogP contribution in [0, 0.1) is 0 Å². The first-order chi connectivity index (χ1) is 6.15. The minimum atomic E-state index is 0.250. The van der Waals surface area contributed by atoms with Gasteiger partial charge in [-0.25, -0.2) is 0 Å². The Labute approximate surface area is 96.8 Å². The van der Waals surface area contributed by atoms with Crippen LogP contribution in [-0.4, -0.2) is 11.7 Å². The molecule has 1 rings (SSSR count). The van der Waals surface area contributed by atoms with Gasteiger partial charge in [0.2, 0.25) is 0 Å². The summed E-state index contributed by atoms with van der Waals surface area (Å²) < 4.78 is 0. The molecular weight excluding hydrogens is 275 g/mol. The summed E-state index contributed by atoms with van der Waals surface area (Å²) in [5.41, 5.74) is 1.02. The molecule has 74 valence electrons. The molecule has 0 aliphatic rings. The second-order valence-electron chi connectivity index (χ2n) is 2.19. The van der Waals surface area contributed by atoms with Crippen molar-refractivity contribution < 1.29 is 5.11 Å². The van der Waals surface area contributed by atoms with Crippen LogP contribution in [0.1, 0.15) is 12.5 Å². The lowest BCUT2D eigenvalue weighted by Crippen LogP contribution is -1.77. The van der Waals surface area contributed by atoms with Crippen LogP contribution in [0.25, 0.3) is 0 Å². The fraction of sp³-hybridized carbons (Fsp3) is 0.333. The van der Waals surface area contributed by atoms with Gasteiger partial charge in [-0.1, -0.05) is 39.1 Å². The monoisotopic (exact) mass is 284 g/mol. The van der Waals surface area contributed by atoms with E-state index in [1.165, 1.54) is 0 Å². The highest BCUT2D eigenvalue weighted by Gasteiger charge is 1.97. The Hall–Kier alpha value is 0.240. The van der Waals surface area contributed by atoms with E-state index in [0.29, 0.717) is 0 Å². The highest BCUT2D eigenvalue weighted by Crippen LogP contribution is 2.22. The fourth-order valence-corrected chi connectivity index (χ4v) is 1.65. The van der Waals surface area contributed by atoms with Gasteiger partial charge in [0.25, 0.3) is 0 Å². The van der Waals surface area contributed by atoms with E-state index in [4.69, 9.17) is 28.3 Å². The van der Waals surface area contributed by atoms with Crippen molar-refractivity contribution in [3.63, 3.8) is 0 Å². The van der Waals surface area contributed by atoms with Crippen molar-refractivity contribution >= 4 is 39.1 Å². The Morgan fingerprint density at radius 2 is 1.92 bits per heavy atom. The molecule has 1 aromatic rings. The summed E-state index contributed by atoms with van der Waals surface area (Å²) in [5, 5.41) is 9.78. The molecule has 0 saturated heterocycles. The third-order valence-corrected chi connectivity index (χ3v) is 2.36. The quantitative estimate of drug-likeness (QED) is 0.776. The molecular formula is C9H11BrCl2O. The van der Waals surface area contributed by atoms with Crippen molar-refractivity contribution in [3.8, 4) is 0 Å². The van der Waals surface area contributed by atoms with Gasteiger partial charge in [-0.3, -0.25) is 0 Å². The van der Waals surface area contributed by atoms with Gasteiger partial charge in [0.05, 0.1) is 0 Å². The Balaban J connectivity index is 0.000000424. The van der Waals surface area contributed by atoms with E-state index in [0.717, 1.165) is 20.9 Å². The first-order valence-corrected chi connectivity index (χ1v) is 5.64. The van der Waals surface area contributed by atoms with Gasteiger partial charge < -0.3 is 5.11 Å². The molecule has 0 amide bonds. The largest absolute Gasteiger partial charge is 0.397 e. The lowest BCUT2D eigenvalue weighted by Gasteiger charge is -1.98. The predicted molar refractivity (Wildman–Crippen MR) is 61.9 cm³/mol. The molecule has 13 heavy (non-hydrogen) atoms. The molecule has 0 aliphatic heterocycles. The Bertz CT molecular complexity index is 253. The lowest BCUT2D eigenvalue weighted by atomic mass is 10.2. The fourth-order valence-electron chi connectivity index (χ4n) is 0.646. The highest BCUT2D eigenvalue weighted by molar-refractivity contribution is 9.08. The minimum Gasteiger partial charge on any atom is -0.397 e. The highest BCUT2D eigenvalue weighted by atomic mass is 79.9. The molecule has 0 heterocycles. The molecule has 4 heteroatoms. The molecule has 1 nitrogen and oxygen atoms in total. The topological polar surface area (TPSA) is 20.2 Å². The summed E-state index contributed by atoms with van der Waals surface area (Å²) in [7, 11) is 0. The minimum absolute atomic E-state index is 0.250. The number of halogens is 3. The van der Waals surface area contributed by atoms with Gasteiger partial charge in [0.1, 0.15) is 0 Å². The maximum Gasteiger partial charge on any atom is 0.0447 e. The van der Waals surface area contributed by atoms with Gasteiger partial charge in [-0.15, -0.1) is 0 Å². The van der Waals surface area contributed by atoms with Gasteiger partial charge >= 0.3 is 0 Å². The molecule has 0 aliphatic carbocycles. The standard InChI is InChI=1S/C7H5BrCl2.C2H6O/c8-4-5-3-6(9)1-2-7(5)10;1-2-3/h1-3H,4H2;3H,2H2,1H3. The van der Waals surface area contributed by atoms with E-state index in [1.807, 2.05) is 6.07 Å². The van der Waals surface area contributed by atoms with Crippen molar-refractivity contribution in [2.75, 3.05) is 6.61 Å². The third kappa shape index (κ3) is 5.53. The summed E-state index contributed by atoms with van der Waals surface area (Å²) >= 11 is 14.8. The molecule has 1 N–H and O–H groups in total. The van der Waals surface area contributed by atoms with Crippen molar-refractivity contribution in [3.05, 3.63) is 33.8 Å². The number of alkyl halides is 1. The van der Waals surface area contributed by atoms with Crippen molar-refractivity contribution in [1.29, 1.82) is 0 Å². The van der Waals surface area contributed by atoms with Crippen LogP contribution >= 0.6 is 39.1 Å². The zero-order valence-corrected chi connectivity index (χ0v) is 10.3. The maximum atomic E-state index is 7.57. The molecule has 0 spiro atoms. The first kappa shape index (κ1) is 13.2. The van der Waals surface area contributed by atoms with Crippen molar-refractivity contribution in [2.24, 2.45) is 0 Å².